The lowest BCUT2D eigenvalue weighted by atomic mass is 10.1. The number of carbonyl (C=O) groups is 1. The van der Waals surface area contributed by atoms with E-state index >= 15 is 0 Å². The molecule has 1 N–H and O–H groups in total. The van der Waals surface area contributed by atoms with Crippen LogP contribution in [0, 0.1) is 5.82 Å². The summed E-state index contributed by atoms with van der Waals surface area (Å²) in [5.74, 6) is -0.779. The van der Waals surface area contributed by atoms with Crippen molar-refractivity contribution in [1.29, 1.82) is 0 Å². The zero-order chi connectivity index (χ0) is 15.6. The highest BCUT2D eigenvalue weighted by molar-refractivity contribution is 5.89. The van der Waals surface area contributed by atoms with E-state index in [1.54, 1.807) is 30.1 Å². The predicted molar refractivity (Wildman–Crippen MR) is 79.7 cm³/mol. The van der Waals surface area contributed by atoms with Crippen LogP contribution in [0.15, 0.2) is 36.4 Å². The number of carboxylic acids is 1. The number of carboxylic acid groups (broad SMARTS) is 1. The highest BCUT2D eigenvalue weighted by Crippen LogP contribution is 2.25. The summed E-state index contributed by atoms with van der Waals surface area (Å²) in [5.41, 5.74) is 1.47. The quantitative estimate of drug-likeness (QED) is 0.929. The first-order valence-corrected chi connectivity index (χ1v) is 6.63. The molecule has 2 rings (SSSR count). The zero-order valence-corrected chi connectivity index (χ0v) is 12.2. The molecule has 0 spiro atoms. The average Bonchev–Trinajstić information content (AvgIpc) is 2.45. The topological polar surface area (TPSA) is 53.4 Å². The fraction of sp³-hybridized carbons (Fsp3) is 0.250. The van der Waals surface area contributed by atoms with E-state index in [2.05, 4.69) is 4.98 Å². The molecule has 0 aliphatic rings. The summed E-state index contributed by atoms with van der Waals surface area (Å²) < 4.78 is 13.3. The summed E-state index contributed by atoms with van der Waals surface area (Å²) in [5, 5.41) is 9.21. The lowest BCUT2D eigenvalue weighted by Crippen LogP contribution is -2.14. The van der Waals surface area contributed by atoms with Crippen molar-refractivity contribution in [3.05, 3.63) is 53.5 Å². The van der Waals surface area contributed by atoms with Gasteiger partial charge in [-0.1, -0.05) is 19.9 Å². The van der Waals surface area contributed by atoms with Gasteiger partial charge in [-0.2, -0.15) is 0 Å². The number of aromatic carboxylic acids is 1. The van der Waals surface area contributed by atoms with E-state index in [1.165, 1.54) is 18.2 Å². The van der Waals surface area contributed by atoms with E-state index in [-0.39, 0.29) is 17.3 Å². The summed E-state index contributed by atoms with van der Waals surface area (Å²) in [4.78, 5) is 17.4. The molecule has 2 aromatic rings. The molecular weight excluding hydrogens is 271 g/mol. The Balaban J connectivity index is 2.49. The van der Waals surface area contributed by atoms with Gasteiger partial charge >= 0.3 is 5.97 Å². The fourth-order valence-electron chi connectivity index (χ4n) is 1.94. The van der Waals surface area contributed by atoms with Gasteiger partial charge in [0.2, 0.25) is 0 Å². The molecule has 0 bridgehead atoms. The highest BCUT2D eigenvalue weighted by atomic mass is 19.1. The predicted octanol–water partition coefficient (Wildman–Crippen LogP) is 3.81. The largest absolute Gasteiger partial charge is 0.478 e. The van der Waals surface area contributed by atoms with Gasteiger partial charge in [-0.25, -0.2) is 14.2 Å². The van der Waals surface area contributed by atoms with Gasteiger partial charge in [-0.3, -0.25) is 0 Å². The number of hydrogen-bond donors (Lipinski definition) is 1. The number of aromatic nitrogens is 1. The Kier molecular flexibility index (Phi) is 4.21. The summed E-state index contributed by atoms with van der Waals surface area (Å²) in [6, 6.07) is 9.13. The van der Waals surface area contributed by atoms with Crippen molar-refractivity contribution in [2.75, 3.05) is 11.9 Å². The molecule has 110 valence electrons. The normalized spacial score (nSPS) is 10.7. The van der Waals surface area contributed by atoms with E-state index in [0.29, 0.717) is 17.2 Å². The third kappa shape index (κ3) is 3.37. The Morgan fingerprint density at radius 2 is 2.00 bits per heavy atom. The van der Waals surface area contributed by atoms with Crippen LogP contribution in [0.3, 0.4) is 0 Å². The summed E-state index contributed by atoms with van der Waals surface area (Å²) in [6.07, 6.45) is 0. The minimum atomic E-state index is -1.01. The van der Waals surface area contributed by atoms with Gasteiger partial charge in [0.1, 0.15) is 11.6 Å². The molecule has 21 heavy (non-hydrogen) atoms. The number of nitrogens with zero attached hydrogens (tertiary/aromatic N) is 2. The molecule has 0 aliphatic heterocycles. The van der Waals surface area contributed by atoms with Crippen molar-refractivity contribution in [2.45, 2.75) is 19.8 Å². The van der Waals surface area contributed by atoms with Crippen LogP contribution in [0.5, 0.6) is 0 Å². The smallest absolute Gasteiger partial charge is 0.335 e. The second-order valence-electron chi connectivity index (χ2n) is 5.14. The SMILES string of the molecule is CC(C)c1cc(C(=O)O)cc(N(C)c2cccc(F)c2)n1. The molecule has 0 aliphatic carbocycles. The van der Waals surface area contributed by atoms with Crippen LogP contribution in [-0.2, 0) is 0 Å². The molecule has 0 saturated heterocycles. The minimum absolute atomic E-state index is 0.101. The third-order valence-corrected chi connectivity index (χ3v) is 3.21. The van der Waals surface area contributed by atoms with Crippen molar-refractivity contribution in [1.82, 2.24) is 4.98 Å². The van der Waals surface area contributed by atoms with Gasteiger partial charge in [0.05, 0.1) is 5.56 Å². The van der Waals surface area contributed by atoms with E-state index in [0.717, 1.165) is 0 Å². The first-order chi connectivity index (χ1) is 9.88. The van der Waals surface area contributed by atoms with E-state index in [1.807, 2.05) is 13.8 Å². The Morgan fingerprint density at radius 3 is 2.57 bits per heavy atom. The molecule has 0 unspecified atom stereocenters. The Hall–Kier alpha value is -2.43. The molecule has 0 fully saturated rings. The second-order valence-corrected chi connectivity index (χ2v) is 5.14. The summed E-state index contributed by atoms with van der Waals surface area (Å²) >= 11 is 0. The van der Waals surface area contributed by atoms with Gasteiger partial charge in [0, 0.05) is 18.4 Å². The number of benzene rings is 1. The Morgan fingerprint density at radius 1 is 1.29 bits per heavy atom. The molecule has 1 aromatic heterocycles. The Labute approximate surface area is 122 Å². The van der Waals surface area contributed by atoms with Gasteiger partial charge < -0.3 is 10.0 Å². The molecule has 1 heterocycles. The maximum atomic E-state index is 13.3. The van der Waals surface area contributed by atoms with Crippen molar-refractivity contribution >= 4 is 17.5 Å². The first kappa shape index (κ1) is 15.0. The number of pyridine rings is 1. The van der Waals surface area contributed by atoms with Crippen LogP contribution in [-0.4, -0.2) is 23.1 Å². The van der Waals surface area contributed by atoms with E-state index in [9.17, 15) is 14.3 Å². The van der Waals surface area contributed by atoms with Crippen molar-refractivity contribution < 1.29 is 14.3 Å². The van der Waals surface area contributed by atoms with E-state index in [4.69, 9.17) is 0 Å². The molecule has 1 aromatic carbocycles. The lowest BCUT2D eigenvalue weighted by Gasteiger charge is -2.20. The molecule has 0 saturated carbocycles. The van der Waals surface area contributed by atoms with Gasteiger partial charge in [0.15, 0.2) is 0 Å². The van der Waals surface area contributed by atoms with Crippen LogP contribution in [0.25, 0.3) is 0 Å². The third-order valence-electron chi connectivity index (χ3n) is 3.21. The van der Waals surface area contributed by atoms with Crippen molar-refractivity contribution in [3.63, 3.8) is 0 Å². The van der Waals surface area contributed by atoms with Crippen molar-refractivity contribution in [2.24, 2.45) is 0 Å². The summed E-state index contributed by atoms with van der Waals surface area (Å²) in [7, 11) is 1.73. The van der Waals surface area contributed by atoms with Gasteiger partial charge in [-0.05, 0) is 36.2 Å². The Bertz CT molecular complexity index is 671. The van der Waals surface area contributed by atoms with Gasteiger partial charge in [-0.15, -0.1) is 0 Å². The van der Waals surface area contributed by atoms with Crippen LogP contribution in [0.2, 0.25) is 0 Å². The molecule has 0 radical (unpaired) electrons. The second kappa shape index (κ2) is 5.91. The fourth-order valence-corrected chi connectivity index (χ4v) is 1.94. The highest BCUT2D eigenvalue weighted by Gasteiger charge is 2.14. The minimum Gasteiger partial charge on any atom is -0.478 e. The van der Waals surface area contributed by atoms with Crippen LogP contribution < -0.4 is 4.90 Å². The number of anilines is 2. The van der Waals surface area contributed by atoms with Crippen LogP contribution in [0.4, 0.5) is 15.9 Å². The molecule has 0 atom stereocenters. The van der Waals surface area contributed by atoms with Crippen LogP contribution >= 0.6 is 0 Å². The van der Waals surface area contributed by atoms with Gasteiger partial charge in [0.25, 0.3) is 0 Å². The maximum absolute atomic E-state index is 13.3. The monoisotopic (exact) mass is 288 g/mol. The van der Waals surface area contributed by atoms with E-state index < -0.39 is 5.97 Å². The number of halogens is 1. The summed E-state index contributed by atoms with van der Waals surface area (Å²) in [6.45, 7) is 3.89. The number of hydrogen-bond acceptors (Lipinski definition) is 3. The average molecular weight is 288 g/mol. The maximum Gasteiger partial charge on any atom is 0.335 e. The zero-order valence-electron chi connectivity index (χ0n) is 12.2. The molecule has 4 nitrogen and oxygen atoms in total. The first-order valence-electron chi connectivity index (χ1n) is 6.63. The molecule has 5 heteroatoms. The molecular formula is C16H17FN2O2. The standard InChI is InChI=1S/C16H17FN2O2/c1-10(2)14-7-11(16(20)21)8-15(18-14)19(3)13-6-4-5-12(17)9-13/h4-10H,1-3H3,(H,20,21). The van der Waals surface area contributed by atoms with Crippen molar-refractivity contribution in [3.8, 4) is 0 Å². The van der Waals surface area contributed by atoms with Crippen LogP contribution in [0.1, 0.15) is 35.8 Å². The number of rotatable bonds is 4. The molecule has 0 amide bonds. The lowest BCUT2D eigenvalue weighted by molar-refractivity contribution is 0.0696.